The zero-order valence-corrected chi connectivity index (χ0v) is 9.75. The van der Waals surface area contributed by atoms with Gasteiger partial charge in [-0.2, -0.15) is 16.8 Å². The van der Waals surface area contributed by atoms with Crippen molar-refractivity contribution >= 4 is 26.2 Å². The molecule has 0 rings (SSSR count). The highest BCUT2D eigenvalue weighted by Crippen LogP contribution is 2.21. The lowest BCUT2D eigenvalue weighted by molar-refractivity contribution is -0.132. The summed E-state index contributed by atoms with van der Waals surface area (Å²) in [5.41, 5.74) is -1.08. The average molecular weight is 274 g/mol. The van der Waals surface area contributed by atoms with Crippen LogP contribution in [0.4, 0.5) is 0 Å². The fourth-order valence-corrected chi connectivity index (χ4v) is 3.06. The summed E-state index contributed by atoms with van der Waals surface area (Å²) in [6.07, 6.45) is -0.305. The number of carboxylic acid groups (broad SMARTS) is 1. The third-order valence-electron chi connectivity index (χ3n) is 1.47. The fraction of sp³-hybridized carbons (Fsp3) is 0.500. The van der Waals surface area contributed by atoms with Crippen LogP contribution < -0.4 is 0 Å². The first-order valence-corrected chi connectivity index (χ1v) is 6.81. The second-order valence-corrected chi connectivity index (χ2v) is 5.75. The Morgan fingerprint density at radius 2 is 1.44 bits per heavy atom. The van der Waals surface area contributed by atoms with Gasteiger partial charge in [-0.05, 0) is 6.42 Å². The molecule has 0 atom stereocenters. The van der Waals surface area contributed by atoms with E-state index in [1.807, 2.05) is 0 Å². The van der Waals surface area contributed by atoms with E-state index in [0.29, 0.717) is 0 Å². The molecule has 0 saturated heterocycles. The second-order valence-electron chi connectivity index (χ2n) is 2.77. The summed E-state index contributed by atoms with van der Waals surface area (Å²) in [5, 5.41) is 8.59. The summed E-state index contributed by atoms with van der Waals surface area (Å²) in [7, 11) is -10.7. The number of aliphatic carboxylic acids is 1. The molecule has 3 N–H and O–H groups in total. The van der Waals surface area contributed by atoms with Crippen LogP contribution in [0.15, 0.2) is 9.81 Å². The standard InChI is InChI=1S/C6H10O8S2/c1-2-3-4(5(7)8)6(15(9,10)11)16(12,13)14/h2-3H2,1H3,(H,7,8)(H,9,10,11)(H,12,13,14). The van der Waals surface area contributed by atoms with Crippen molar-refractivity contribution in [2.24, 2.45) is 0 Å². The molecule has 0 amide bonds. The van der Waals surface area contributed by atoms with Gasteiger partial charge in [-0.3, -0.25) is 9.11 Å². The maximum atomic E-state index is 10.7. The lowest BCUT2D eigenvalue weighted by Gasteiger charge is -2.05. The minimum atomic E-state index is -5.33. The molecular formula is C6H10O8S2. The maximum Gasteiger partial charge on any atom is 0.333 e. The Bertz CT molecular complexity index is 475. The molecule has 0 heterocycles. The molecule has 0 fully saturated rings. The molecule has 0 unspecified atom stereocenters. The fourth-order valence-electron chi connectivity index (χ4n) is 0.991. The minimum absolute atomic E-state index is 0.121. The second kappa shape index (κ2) is 4.91. The maximum absolute atomic E-state index is 10.7. The van der Waals surface area contributed by atoms with Gasteiger partial charge in [-0.1, -0.05) is 13.3 Å². The van der Waals surface area contributed by atoms with Crippen LogP contribution >= 0.6 is 0 Å². The average Bonchev–Trinajstić information content (AvgIpc) is 1.97. The molecule has 94 valence electrons. The van der Waals surface area contributed by atoms with E-state index >= 15 is 0 Å². The zero-order valence-electron chi connectivity index (χ0n) is 8.11. The van der Waals surface area contributed by atoms with Crippen LogP contribution in [0.3, 0.4) is 0 Å². The molecule has 0 aromatic heterocycles. The Balaban J connectivity index is 6.21. The smallest absolute Gasteiger partial charge is 0.333 e. The van der Waals surface area contributed by atoms with Gasteiger partial charge in [-0.15, -0.1) is 0 Å². The third kappa shape index (κ3) is 3.89. The molecule has 0 aliphatic carbocycles. The summed E-state index contributed by atoms with van der Waals surface area (Å²) in [4.78, 5) is 10.6. The lowest BCUT2D eigenvalue weighted by Crippen LogP contribution is -2.18. The first-order valence-electron chi connectivity index (χ1n) is 3.93. The minimum Gasteiger partial charge on any atom is -0.478 e. The molecule has 0 spiro atoms. The normalized spacial score (nSPS) is 12.2. The van der Waals surface area contributed by atoms with E-state index < -0.39 is 42.4 Å². The van der Waals surface area contributed by atoms with Crippen molar-refractivity contribution in [1.82, 2.24) is 0 Å². The predicted octanol–water partition coefficient (Wildman–Crippen LogP) is -0.142. The Morgan fingerprint density at radius 1 is 1.06 bits per heavy atom. The van der Waals surface area contributed by atoms with Gasteiger partial charge in [0.05, 0.1) is 5.57 Å². The van der Waals surface area contributed by atoms with Crippen molar-refractivity contribution in [2.75, 3.05) is 0 Å². The highest BCUT2D eigenvalue weighted by Gasteiger charge is 2.33. The molecule has 0 radical (unpaired) electrons. The summed E-state index contributed by atoms with van der Waals surface area (Å²) in [6.45, 7) is 1.47. The van der Waals surface area contributed by atoms with Crippen LogP contribution in [-0.2, 0) is 25.0 Å². The van der Waals surface area contributed by atoms with Gasteiger partial charge in [0.1, 0.15) is 0 Å². The molecule has 0 aromatic rings. The number of hydrogen-bond acceptors (Lipinski definition) is 5. The summed E-state index contributed by atoms with van der Waals surface area (Å²) < 4.78 is 58.0. The number of hydrogen-bond donors (Lipinski definition) is 3. The van der Waals surface area contributed by atoms with E-state index in [9.17, 15) is 21.6 Å². The lowest BCUT2D eigenvalue weighted by atomic mass is 10.2. The first-order chi connectivity index (χ1) is 7.01. The monoisotopic (exact) mass is 274 g/mol. The van der Waals surface area contributed by atoms with Crippen LogP contribution in [0, 0.1) is 0 Å². The van der Waals surface area contributed by atoms with Crippen LogP contribution in [0.2, 0.25) is 0 Å². The van der Waals surface area contributed by atoms with Crippen molar-refractivity contribution in [1.29, 1.82) is 0 Å². The van der Waals surface area contributed by atoms with E-state index in [4.69, 9.17) is 14.2 Å². The van der Waals surface area contributed by atoms with Gasteiger partial charge < -0.3 is 5.11 Å². The number of carboxylic acids is 1. The highest BCUT2D eigenvalue weighted by atomic mass is 32.3. The van der Waals surface area contributed by atoms with Gasteiger partial charge in [0.2, 0.25) is 4.24 Å². The van der Waals surface area contributed by atoms with Gasteiger partial charge in [0.15, 0.2) is 0 Å². The highest BCUT2D eigenvalue weighted by molar-refractivity contribution is 8.09. The molecule has 0 aliphatic heterocycles. The van der Waals surface area contributed by atoms with Crippen molar-refractivity contribution in [3.63, 3.8) is 0 Å². The zero-order chi connectivity index (χ0) is 13.1. The van der Waals surface area contributed by atoms with E-state index in [1.165, 1.54) is 6.92 Å². The SMILES string of the molecule is CCCC(C(=O)O)=C(S(=O)(=O)O)S(=O)(=O)O. The molecule has 8 nitrogen and oxygen atoms in total. The number of carbonyl (C=O) groups is 1. The molecule has 0 bridgehead atoms. The predicted molar refractivity (Wildman–Crippen MR) is 52.7 cm³/mol. The van der Waals surface area contributed by atoms with Crippen LogP contribution in [0.5, 0.6) is 0 Å². The van der Waals surface area contributed by atoms with Crippen LogP contribution in [0.25, 0.3) is 0 Å². The van der Waals surface area contributed by atoms with E-state index in [1.54, 1.807) is 0 Å². The molecular weight excluding hydrogens is 264 g/mol. The Labute approximate surface area is 92.1 Å². The Morgan fingerprint density at radius 3 is 1.62 bits per heavy atom. The van der Waals surface area contributed by atoms with E-state index in [2.05, 4.69) is 0 Å². The molecule has 16 heavy (non-hydrogen) atoms. The Kier molecular flexibility index (Phi) is 4.61. The topological polar surface area (TPSA) is 146 Å². The van der Waals surface area contributed by atoms with Gasteiger partial charge in [0.25, 0.3) is 0 Å². The van der Waals surface area contributed by atoms with E-state index in [0.717, 1.165) is 0 Å². The molecule has 0 aromatic carbocycles. The van der Waals surface area contributed by atoms with Crippen molar-refractivity contribution in [3.05, 3.63) is 9.81 Å². The largest absolute Gasteiger partial charge is 0.478 e. The third-order valence-corrected chi connectivity index (χ3v) is 4.17. The molecule has 0 saturated carbocycles. The molecule has 0 aliphatic rings. The van der Waals surface area contributed by atoms with Crippen LogP contribution in [-0.4, -0.2) is 37.0 Å². The van der Waals surface area contributed by atoms with Crippen molar-refractivity contribution in [2.45, 2.75) is 19.8 Å². The van der Waals surface area contributed by atoms with Gasteiger partial charge in [-0.25, -0.2) is 4.79 Å². The summed E-state index contributed by atoms with van der Waals surface area (Å²) in [6, 6.07) is 0. The number of rotatable bonds is 5. The van der Waals surface area contributed by atoms with Crippen LogP contribution in [0.1, 0.15) is 19.8 Å². The van der Waals surface area contributed by atoms with E-state index in [-0.39, 0.29) is 6.42 Å². The van der Waals surface area contributed by atoms with Crippen molar-refractivity contribution in [3.8, 4) is 0 Å². The first kappa shape index (κ1) is 15.0. The van der Waals surface area contributed by atoms with Gasteiger partial charge in [0, 0.05) is 0 Å². The van der Waals surface area contributed by atoms with Gasteiger partial charge >= 0.3 is 26.2 Å². The summed E-state index contributed by atoms with van der Waals surface area (Å²) >= 11 is 0. The van der Waals surface area contributed by atoms with Crippen molar-refractivity contribution < 1.29 is 35.8 Å². The quantitative estimate of drug-likeness (QED) is 0.463. The summed E-state index contributed by atoms with van der Waals surface area (Å²) in [5.74, 6) is -1.84. The Hall–Kier alpha value is -0.970. The molecule has 10 heteroatoms.